The van der Waals surface area contributed by atoms with Gasteiger partial charge >= 0.3 is 88.7 Å². The molecular weight excluding hydrogens is 814 g/mol. The Morgan fingerprint density at radius 1 is 0.636 bits per heavy atom. The van der Waals surface area contributed by atoms with Crippen LogP contribution < -0.4 is 94.4 Å². The summed E-state index contributed by atoms with van der Waals surface area (Å²) in [4.78, 5) is 7.97. The van der Waals surface area contributed by atoms with Crippen molar-refractivity contribution in [2.75, 3.05) is 5.73 Å². The van der Waals surface area contributed by atoms with Crippen molar-refractivity contribution in [2.45, 2.75) is 21.6 Å². The van der Waals surface area contributed by atoms with Gasteiger partial charge in [-0.15, -0.1) is 10.2 Å². The number of rotatable bonds is 10. The average Bonchev–Trinajstić information content (AvgIpc) is 3.06. The summed E-state index contributed by atoms with van der Waals surface area (Å²) in [6, 6.07) is 16.6. The molecule has 0 heterocycles. The first-order chi connectivity index (χ1) is 24.2. The van der Waals surface area contributed by atoms with Crippen molar-refractivity contribution in [1.29, 1.82) is 0 Å². The Morgan fingerprint density at radius 3 is 1.75 bits per heavy atom. The van der Waals surface area contributed by atoms with E-state index in [0.29, 0.717) is 11.5 Å². The number of fused-ring (bicyclic) bond motifs is 1. The standard InChI is InChI=1S/C31H24N6O12S3.3Na/c1-18-14-27(34-33-26-6-2-5-24-23(26)4-3-7-29(24)50(41,42)43)25(32)17-28(18)36(38)35-21-12-10-19(30(15-21)51(44,45)46)8-9-20-11-13-22(37(39)40)16-31(20)52(47,48)49;;;/h2-17H,32H2,1H3,(H,41,42,43)(H,44,45,46)(H,47,48,49);;;/q;3*+1/p-3/b9-8+,34-33?,36-35?;;;. The van der Waals surface area contributed by atoms with Gasteiger partial charge in [-0.1, -0.05) is 42.5 Å². The number of nitro benzene ring substituents is 1. The van der Waals surface area contributed by atoms with Crippen molar-refractivity contribution in [3.05, 3.63) is 117 Å². The van der Waals surface area contributed by atoms with E-state index in [1.54, 1.807) is 6.07 Å². The number of non-ortho nitro benzene ring substituents is 1. The molecule has 55 heavy (non-hydrogen) atoms. The summed E-state index contributed by atoms with van der Waals surface area (Å²) in [5.74, 6) is 0. The van der Waals surface area contributed by atoms with Crippen LogP contribution in [0.25, 0.3) is 22.9 Å². The number of nitrogen functional groups attached to an aromatic ring is 1. The van der Waals surface area contributed by atoms with Crippen molar-refractivity contribution < 1.29 is 137 Å². The predicted octanol–water partition coefficient (Wildman–Crippen LogP) is -3.13. The molecule has 0 fully saturated rings. The van der Waals surface area contributed by atoms with Crippen LogP contribution in [0.5, 0.6) is 0 Å². The first-order valence-corrected chi connectivity index (χ1v) is 18.5. The zero-order valence-electron chi connectivity index (χ0n) is 29.2. The van der Waals surface area contributed by atoms with Crippen molar-refractivity contribution >= 4 is 87.4 Å². The van der Waals surface area contributed by atoms with E-state index in [2.05, 4.69) is 15.3 Å². The molecule has 0 radical (unpaired) electrons. The van der Waals surface area contributed by atoms with Crippen molar-refractivity contribution in [2.24, 2.45) is 15.3 Å². The minimum absolute atomic E-state index is 0. The van der Waals surface area contributed by atoms with Crippen molar-refractivity contribution in [3.63, 3.8) is 0 Å². The second kappa shape index (κ2) is 19.0. The fraction of sp³-hybridized carbons (Fsp3) is 0.0323. The van der Waals surface area contributed by atoms with Gasteiger partial charge < -0.3 is 24.6 Å². The molecule has 0 aliphatic heterocycles. The largest absolute Gasteiger partial charge is 1.00 e. The van der Waals surface area contributed by atoms with Crippen LogP contribution in [-0.2, 0) is 30.4 Å². The molecule has 24 heteroatoms. The fourth-order valence-electron chi connectivity index (χ4n) is 4.94. The van der Waals surface area contributed by atoms with E-state index in [1.807, 2.05) is 0 Å². The topological polar surface area (TPSA) is 304 Å². The zero-order valence-corrected chi connectivity index (χ0v) is 37.6. The van der Waals surface area contributed by atoms with Crippen LogP contribution in [0.3, 0.4) is 0 Å². The summed E-state index contributed by atoms with van der Waals surface area (Å²) in [7, 11) is -15.2. The van der Waals surface area contributed by atoms with Gasteiger partial charge in [0.15, 0.2) is 0 Å². The Labute approximate surface area is 380 Å². The summed E-state index contributed by atoms with van der Waals surface area (Å²) in [5, 5.41) is 36.7. The van der Waals surface area contributed by atoms with E-state index < -0.39 is 55.7 Å². The van der Waals surface area contributed by atoms with E-state index in [9.17, 15) is 54.2 Å². The summed E-state index contributed by atoms with van der Waals surface area (Å²) in [6.07, 6.45) is 1.95. The number of hydrogen-bond donors (Lipinski definition) is 1. The third-order valence-electron chi connectivity index (χ3n) is 7.34. The third kappa shape index (κ3) is 11.6. The van der Waals surface area contributed by atoms with Crippen molar-refractivity contribution in [3.8, 4) is 0 Å². The molecule has 5 aromatic rings. The first-order valence-electron chi connectivity index (χ1n) is 14.2. The summed E-state index contributed by atoms with van der Waals surface area (Å²) in [6.45, 7) is 1.51. The third-order valence-corrected chi connectivity index (χ3v) is 10.0. The SMILES string of the molecule is Cc1cc(N=Nc2cccc3c(S(=O)(=O)[O-])cccc23)c(N)cc1[N+]([O-])=Nc1ccc(/C=C/c2ccc([N+](=O)[O-])cc2S(=O)(=O)[O-])c(S(=O)(=O)[O-])c1.[Na+].[Na+].[Na+]. The Balaban J connectivity index is 0.00000348. The van der Waals surface area contributed by atoms with Crippen LogP contribution in [0.15, 0.2) is 115 Å². The van der Waals surface area contributed by atoms with Gasteiger partial charge in [-0.2, -0.15) is 0 Å². The van der Waals surface area contributed by atoms with Crippen molar-refractivity contribution in [1.82, 2.24) is 0 Å². The van der Waals surface area contributed by atoms with E-state index in [4.69, 9.17) is 5.73 Å². The molecule has 0 aliphatic rings. The van der Waals surface area contributed by atoms with Crippen LogP contribution in [-0.4, -0.2) is 48.7 Å². The van der Waals surface area contributed by atoms with Crippen LogP contribution >= 0.6 is 0 Å². The van der Waals surface area contributed by atoms with Gasteiger partial charge in [0, 0.05) is 39.6 Å². The van der Waals surface area contributed by atoms with E-state index in [0.717, 1.165) is 42.5 Å². The minimum Gasteiger partial charge on any atom is -0.744 e. The van der Waals surface area contributed by atoms with E-state index >= 15 is 0 Å². The van der Waals surface area contributed by atoms with Gasteiger partial charge in [-0.25, -0.2) is 25.3 Å². The zero-order chi connectivity index (χ0) is 38.2. The monoisotopic (exact) mass is 834 g/mol. The maximum atomic E-state index is 13.1. The fourth-order valence-corrected chi connectivity index (χ4v) is 7.01. The molecule has 0 spiro atoms. The maximum absolute atomic E-state index is 13.1. The van der Waals surface area contributed by atoms with Crippen LogP contribution in [0.2, 0.25) is 0 Å². The number of anilines is 1. The number of aryl methyl sites for hydroxylation is 1. The Hall–Kier alpha value is -2.97. The molecule has 0 aliphatic carbocycles. The number of nitrogens with zero attached hydrogens (tertiary/aromatic N) is 5. The number of nitro groups is 1. The smallest absolute Gasteiger partial charge is 0.744 e. The number of benzene rings is 5. The number of nitrogens with two attached hydrogens (primary N) is 1. The minimum atomic E-state index is -5.23. The Kier molecular flexibility index (Phi) is 16.6. The molecule has 0 atom stereocenters. The molecule has 0 saturated heterocycles. The van der Waals surface area contributed by atoms with Gasteiger partial charge in [0.25, 0.3) is 5.69 Å². The van der Waals surface area contributed by atoms with Gasteiger partial charge in [0.2, 0.25) is 5.69 Å². The van der Waals surface area contributed by atoms with Gasteiger partial charge in [0.1, 0.15) is 41.7 Å². The Morgan fingerprint density at radius 2 is 1.16 bits per heavy atom. The van der Waals surface area contributed by atoms with Crippen LogP contribution in [0, 0.1) is 22.2 Å². The quantitative estimate of drug-likeness (QED) is 0.0213. The second-order valence-corrected chi connectivity index (χ2v) is 14.8. The molecule has 0 saturated carbocycles. The summed E-state index contributed by atoms with van der Waals surface area (Å²) in [5.41, 5.74) is 4.99. The van der Waals surface area contributed by atoms with E-state index in [1.165, 1.54) is 49.4 Å². The molecule has 5 rings (SSSR count). The average molecular weight is 835 g/mol. The Bertz CT molecular complexity index is 2750. The van der Waals surface area contributed by atoms with Crippen LogP contribution in [0.1, 0.15) is 16.7 Å². The van der Waals surface area contributed by atoms with Gasteiger partial charge in [-0.05, 0) is 59.3 Å². The molecule has 0 bridgehead atoms. The predicted molar refractivity (Wildman–Crippen MR) is 181 cm³/mol. The number of hydrogen-bond acceptors (Lipinski definition) is 16. The summed E-state index contributed by atoms with van der Waals surface area (Å²) >= 11 is 0. The second-order valence-electron chi connectivity index (χ2n) is 10.8. The first kappa shape index (κ1) is 48.2. The molecule has 0 amide bonds. The molecular formula is C31H21N6Na3O12S3. The molecule has 2 N–H and O–H groups in total. The molecule has 0 aromatic heterocycles. The van der Waals surface area contributed by atoms with Crippen LogP contribution in [0.4, 0.5) is 34.1 Å². The summed E-state index contributed by atoms with van der Waals surface area (Å²) < 4.78 is 107. The molecule has 268 valence electrons. The molecule has 18 nitrogen and oxygen atoms in total. The van der Waals surface area contributed by atoms with Gasteiger partial charge in [0.05, 0.1) is 31.0 Å². The molecule has 5 aromatic carbocycles. The maximum Gasteiger partial charge on any atom is 1.00 e. The van der Waals surface area contributed by atoms with E-state index in [-0.39, 0.29) is 144 Å². The normalized spacial score (nSPS) is 12.3. The molecule has 0 unspecified atom stereocenters. The number of azo groups is 2. The van der Waals surface area contributed by atoms with Gasteiger partial charge in [-0.3, -0.25) is 10.1 Å².